The first-order valence-electron chi connectivity index (χ1n) is 16.2. The first-order chi connectivity index (χ1) is 21.7. The van der Waals surface area contributed by atoms with Crippen LogP contribution in [0.25, 0.3) is 11.3 Å². The van der Waals surface area contributed by atoms with E-state index in [1.165, 1.54) is 5.56 Å². The molecule has 600 valence electrons. The molecule has 4 aromatic rings. The lowest BCUT2D eigenvalue weighted by molar-refractivity contribution is 0.0254. The van der Waals surface area contributed by atoms with Crippen LogP contribution in [0.4, 0.5) is 17.3 Å². The van der Waals surface area contributed by atoms with Gasteiger partial charge in [-0.2, -0.15) is 0 Å². The SMILES string of the molecule is Cc1cc(CN2CCN(C)CC2(C)C)ccc1C(=O)N(C)c1ccc(C(C)C)c(Nc2ncc(C)c(-c3cnc(C)c(C)c3)n2)c1.[HH].[HH].[HH].[HH].[HH].[HH].[HH].[HH].[HH].[HH].[HH].[HH].[HH].[HH].[HH].[HH].[HH].[HH].[HH].[HH].[HH].[HH].[HH].[HH].[HH].[HH].[HH].[HH].[HH].[HH].[HH].[HH].[HH].[HH].[HH].[HH].[HH].[HH].[HH].[HH].[HH].[HH].[HH].[HH].[HH].[HH].[HH].[HH].[HH].[HH].[HH].[HH].[HH].[HH].[HH].[HH].[HH].[HH].[HH].[HH].[HH].[HH].[HH].[HH].[HH].[HH].[HH].[HH].[HH].[HH].[HH].[HH].[HH].[HH].[HH].[HH].[HH].[HH].[HH].[HH].[HH].[HH].[HH].[HH].[HH].[HH].[HH].[HH].[HH].[HH].[HH].[HH].[HH].[HH].[HH].[HH].[HH].[HH].[HH].[HH].[HH].[HH].[HH].[HH].[HH].[HH].[HH].[HH].[HH].[HH].[HH].[HH].[HH].[HH].[HH].[HH].[HH].[HH].[HH].[HH].[HH].[HH].[HH].[HH].[HH].[HH].[HH].[HH].[HH].[HH].[HH].[HH].[HH].[HH].[HH].[HH].[HH].[HH].[HH].[HH].[HH].[HH].[HH].[HH].[HH].[HH].[HH].[HH].[HH].[HH].[HH].[HH].[HH].[HH].[HH].[HH].[HH].[HH].[HH].[HH].[HH].[HH].[HH].[HH].[HH].[HH].[HH].[HH].[HH].[HH].[HH].[HH].[HH].[HH].[HH].[HH].[HH].[HH].[HH]. The zero-order chi connectivity index (χ0) is 33.3. The Morgan fingerprint density at radius 2 is 1.74 bits per heavy atom. The largest absolute Gasteiger partial charge is 0.324 e. The number of carbonyl (C=O) groups excluding carboxylic acids is 1. The zero-order valence-electron chi connectivity index (χ0n) is 29.2. The lowest BCUT2D eigenvalue weighted by atomic mass is 9.97. The highest BCUT2D eigenvalue weighted by molar-refractivity contribution is 6.07. The van der Waals surface area contributed by atoms with Crippen LogP contribution in [0.3, 0.4) is 0 Å². The summed E-state index contributed by atoms with van der Waals surface area (Å²) in [6.07, 6.45) is 3.70. The number of piperazine rings is 1. The summed E-state index contributed by atoms with van der Waals surface area (Å²) < 4.78 is 0. The van der Waals surface area contributed by atoms with Crippen molar-refractivity contribution in [3.05, 3.63) is 93.9 Å². The van der Waals surface area contributed by atoms with Crippen molar-refractivity contribution in [2.75, 3.05) is 43.9 Å². The van der Waals surface area contributed by atoms with E-state index in [1.807, 2.05) is 58.4 Å². The first kappa shape index (κ1) is 33.2. The van der Waals surface area contributed by atoms with Crippen LogP contribution in [-0.2, 0) is 6.54 Å². The smallest absolute Gasteiger partial charge is 0.258 e. The average molecular weight is 981 g/mol. The van der Waals surface area contributed by atoms with Crippen molar-refractivity contribution in [2.24, 2.45) is 0 Å². The number of hydrogen-bond acceptors (Lipinski definition) is 7. The van der Waals surface area contributed by atoms with Gasteiger partial charge in [0.25, 0.3) is 5.91 Å². The van der Waals surface area contributed by atoms with Crippen LogP contribution in [0.2, 0.25) is 0 Å². The highest BCUT2D eigenvalue weighted by atomic mass is 16.2. The van der Waals surface area contributed by atoms with Crippen molar-refractivity contribution in [2.45, 2.75) is 73.4 Å². The minimum Gasteiger partial charge on any atom is -0.324 e. The molecule has 2 aromatic heterocycles. The fourth-order valence-electron chi connectivity index (χ4n) is 6.36. The summed E-state index contributed by atoms with van der Waals surface area (Å²) in [7, 11) is 4.02. The molecule has 0 radical (unpaired) electrons. The zero-order valence-corrected chi connectivity index (χ0v) is 29.2. The number of benzene rings is 2. The van der Waals surface area contributed by atoms with Gasteiger partial charge >= 0.3 is 0 Å². The number of pyridine rings is 1. The van der Waals surface area contributed by atoms with Crippen LogP contribution in [-0.4, -0.2) is 69.9 Å². The molecule has 46 heavy (non-hydrogen) atoms. The standard InChI is InChI=1S/C38H49N7O.179H2/c1-24(2)32-14-12-31(19-34(32)41-37-40-20-27(5)35(42-37)30-18-25(3)28(6)39-21-30)44(10)36(46)33-13-11-29(17-26(33)4)22-45-16-15-43(9)23-38(45,7)8;;;;;;;;;;;;;;;;;;;;;;;;;;;;;;;;;;;;;;;;;;;;;;;;;;;;;;;;;;;;;;;;;;;;;;;;;;;;;;;;;;;;;;;;;;;;;;;;;;;;;;;;;;;;;;;;;;;;;;;;;;;;;;;;;;;;;;;;;;;;;;;;;;;;;;;;;;;;;;;;;;;;;;;;;;;;;;;;;;;/h11-14,17-21,24H,15-16,22-23H2,1-10H3,(H,40,41,42);179*1H. The van der Waals surface area contributed by atoms with Gasteiger partial charge in [-0.25, -0.2) is 9.97 Å². The first-order valence-corrected chi connectivity index (χ1v) is 16.2. The molecule has 1 N–H and O–H groups in total. The molecular formula is C38H407N7O. The molecule has 0 saturated carbocycles. The highest BCUT2D eigenvalue weighted by Gasteiger charge is 2.32. The minimum atomic E-state index is -0.0386. The van der Waals surface area contributed by atoms with Crippen molar-refractivity contribution in [3.8, 4) is 11.3 Å². The summed E-state index contributed by atoms with van der Waals surface area (Å²) in [4.78, 5) is 34.5. The van der Waals surface area contributed by atoms with E-state index in [2.05, 4.69) is 91.0 Å². The maximum atomic E-state index is 13.8. The van der Waals surface area contributed by atoms with Gasteiger partial charge in [0.15, 0.2) is 0 Å². The molecule has 0 bridgehead atoms. The van der Waals surface area contributed by atoms with Gasteiger partial charge in [0.05, 0.1) is 5.69 Å². The maximum absolute atomic E-state index is 13.8. The Morgan fingerprint density at radius 1 is 0.978 bits per heavy atom. The quantitative estimate of drug-likeness (QED) is 0.188. The Balaban J connectivity index is -0.000000000807. The molecule has 0 unspecified atom stereocenters. The Labute approximate surface area is 540 Å². The van der Waals surface area contributed by atoms with Crippen LogP contribution in [0.1, 0.15) is 333 Å². The number of anilines is 3. The summed E-state index contributed by atoms with van der Waals surface area (Å²) in [6.45, 7) is 21.1. The molecule has 5 rings (SSSR count). The van der Waals surface area contributed by atoms with E-state index >= 15 is 0 Å². The molecule has 0 spiro atoms. The predicted molar refractivity (Wildman–Crippen MR) is 568 cm³/mol. The van der Waals surface area contributed by atoms with E-state index in [-0.39, 0.29) is 273 Å². The normalized spacial score (nSPS) is 15.3. The number of carbonyl (C=O) groups is 1. The van der Waals surface area contributed by atoms with Crippen LogP contribution < -0.4 is 10.2 Å². The van der Waals surface area contributed by atoms with Gasteiger partial charge in [-0.05, 0) is 107 Å². The third kappa shape index (κ3) is 7.13. The number of rotatable bonds is 8. The summed E-state index contributed by atoms with van der Waals surface area (Å²) in [5.74, 6) is 0.719. The van der Waals surface area contributed by atoms with Gasteiger partial charge < -0.3 is 15.1 Å². The van der Waals surface area contributed by atoms with E-state index in [0.717, 1.165) is 76.8 Å². The molecule has 3 heterocycles. The minimum absolute atomic E-state index is 0. The van der Waals surface area contributed by atoms with Crippen molar-refractivity contribution in [1.82, 2.24) is 24.8 Å². The molecule has 1 aliphatic rings. The number of likely N-dealkylation sites (N-methyl/N-ethyl adjacent to an activating group) is 1. The second-order valence-corrected chi connectivity index (χ2v) is 13.9. The molecule has 1 fully saturated rings. The fourth-order valence-corrected chi connectivity index (χ4v) is 6.36. The van der Waals surface area contributed by atoms with E-state index in [9.17, 15) is 4.79 Å². The average Bonchev–Trinajstić information content (AvgIpc) is 3.00. The Bertz CT molecular complexity index is 1910. The number of aromatic nitrogens is 3. The van der Waals surface area contributed by atoms with Crippen LogP contribution in [0.15, 0.2) is 54.9 Å². The summed E-state index contributed by atoms with van der Waals surface area (Å²) in [5, 5.41) is 3.47. The van der Waals surface area contributed by atoms with Crippen LogP contribution >= 0.6 is 0 Å². The number of amides is 1. The van der Waals surface area contributed by atoms with E-state index in [4.69, 9.17) is 4.98 Å². The summed E-state index contributed by atoms with van der Waals surface area (Å²) in [6, 6.07) is 14.5. The third-order valence-electron chi connectivity index (χ3n) is 9.34. The Morgan fingerprint density at radius 3 is 2.41 bits per heavy atom. The van der Waals surface area contributed by atoms with Crippen molar-refractivity contribution < 1.29 is 260 Å². The predicted octanol–water partition coefficient (Wildman–Crippen LogP) is 51.5. The van der Waals surface area contributed by atoms with Gasteiger partial charge in [0, 0.05) is 335 Å². The second kappa shape index (κ2) is 13.3. The molecule has 1 saturated heterocycles. The number of nitrogens with one attached hydrogen (secondary N) is 1. The molecular weight excluding hydrogens is 570 g/mol. The number of nitrogens with zero attached hydrogens (tertiary/aromatic N) is 6. The molecule has 0 atom stereocenters. The van der Waals surface area contributed by atoms with Gasteiger partial charge in [0.2, 0.25) is 5.95 Å². The summed E-state index contributed by atoms with van der Waals surface area (Å²) in [5.41, 5.74) is 10.7. The molecule has 1 amide bonds. The van der Waals surface area contributed by atoms with Gasteiger partial charge in [-0.1, -0.05) is 32.0 Å². The maximum Gasteiger partial charge on any atom is 0.258 e. The molecule has 8 nitrogen and oxygen atoms in total. The van der Waals surface area contributed by atoms with E-state index in [0.29, 0.717) is 11.5 Å². The van der Waals surface area contributed by atoms with Crippen LogP contribution in [0, 0.1) is 27.7 Å². The topological polar surface area (TPSA) is 77.5 Å². The van der Waals surface area contributed by atoms with Crippen molar-refractivity contribution in [1.29, 1.82) is 0 Å². The van der Waals surface area contributed by atoms with E-state index in [1.54, 1.807) is 4.90 Å². The van der Waals surface area contributed by atoms with Crippen molar-refractivity contribution >= 4 is 23.2 Å². The second-order valence-electron chi connectivity index (χ2n) is 13.9. The third-order valence-corrected chi connectivity index (χ3v) is 9.34. The van der Waals surface area contributed by atoms with Gasteiger partial charge in [0.1, 0.15) is 0 Å². The van der Waals surface area contributed by atoms with Crippen LogP contribution in [0.5, 0.6) is 0 Å². The van der Waals surface area contributed by atoms with Crippen molar-refractivity contribution in [3.63, 3.8) is 0 Å². The molecule has 0 aliphatic carbocycles. The highest BCUT2D eigenvalue weighted by Crippen LogP contribution is 2.32. The summed E-state index contributed by atoms with van der Waals surface area (Å²) >= 11 is 0. The molecule has 2 aromatic carbocycles. The number of hydrogen-bond donors (Lipinski definition) is 1. The fraction of sp³-hybridized carbons (Fsp3) is 0.421. The van der Waals surface area contributed by atoms with E-state index < -0.39 is 0 Å². The number of aryl methyl sites for hydroxylation is 4. The monoisotopic (exact) mass is 980 g/mol. The lowest BCUT2D eigenvalue weighted by Crippen LogP contribution is -2.57. The Hall–Kier alpha value is -4.14. The van der Waals surface area contributed by atoms with Gasteiger partial charge in [-0.15, -0.1) is 0 Å². The Kier molecular flexibility index (Phi) is 9.61. The molecule has 8 heteroatoms. The lowest BCUT2D eigenvalue weighted by Gasteiger charge is -2.46. The molecule has 1 aliphatic heterocycles. The van der Waals surface area contributed by atoms with Gasteiger partial charge in [-0.3, -0.25) is 14.7 Å².